The van der Waals surface area contributed by atoms with Gasteiger partial charge in [0.05, 0.1) is 6.54 Å². The Labute approximate surface area is 126 Å². The molecule has 0 aliphatic rings. The molecule has 0 N–H and O–H groups in total. The second-order valence-corrected chi connectivity index (χ2v) is 5.78. The van der Waals surface area contributed by atoms with Gasteiger partial charge in [-0.3, -0.25) is 0 Å². The average Bonchev–Trinajstić information content (AvgIpc) is 2.47. The molecule has 2 nitrogen and oxygen atoms in total. The molecular formula is C18H34NO. The van der Waals surface area contributed by atoms with Crippen molar-refractivity contribution in [2.24, 2.45) is 4.99 Å². The van der Waals surface area contributed by atoms with E-state index < -0.39 is 0 Å². The summed E-state index contributed by atoms with van der Waals surface area (Å²) in [6.45, 7) is 4.54. The minimum Gasteiger partial charge on any atom is -0.211 e. The Hall–Kier alpha value is -0.620. The van der Waals surface area contributed by atoms with Gasteiger partial charge in [-0.15, -0.1) is 0 Å². The standard InChI is InChI=1S/C18H34NO/c1-2-3-4-5-6-7-8-9-10-11-12-13-14-15-16-17-19-18-20/h1-17H2. The first kappa shape index (κ1) is 19.4. The maximum atomic E-state index is 9.86. The number of hydrogen-bond donors (Lipinski definition) is 0. The fourth-order valence-electron chi connectivity index (χ4n) is 2.53. The summed E-state index contributed by atoms with van der Waals surface area (Å²) in [4.78, 5) is 13.4. The smallest absolute Gasteiger partial charge is 0.211 e. The van der Waals surface area contributed by atoms with Crippen LogP contribution in [-0.2, 0) is 4.79 Å². The summed E-state index contributed by atoms with van der Waals surface area (Å²) >= 11 is 0. The van der Waals surface area contributed by atoms with Crippen LogP contribution in [0.25, 0.3) is 0 Å². The van der Waals surface area contributed by atoms with E-state index in [-0.39, 0.29) is 0 Å². The number of carbonyl (C=O) groups excluding carboxylic acids is 1. The Bertz CT molecular complexity index is 221. The fourth-order valence-corrected chi connectivity index (χ4v) is 2.53. The maximum absolute atomic E-state index is 9.86. The predicted octanol–water partition coefficient (Wildman–Crippen LogP) is 6.01. The molecule has 1 radical (unpaired) electrons. The van der Waals surface area contributed by atoms with E-state index in [0.717, 1.165) is 12.8 Å². The number of rotatable bonds is 16. The van der Waals surface area contributed by atoms with Crippen LogP contribution in [0.3, 0.4) is 0 Å². The molecular weight excluding hydrogens is 246 g/mol. The van der Waals surface area contributed by atoms with E-state index in [4.69, 9.17) is 0 Å². The molecule has 0 aliphatic carbocycles. The van der Waals surface area contributed by atoms with Gasteiger partial charge in [0.1, 0.15) is 0 Å². The van der Waals surface area contributed by atoms with Crippen molar-refractivity contribution in [3.8, 4) is 0 Å². The first-order chi connectivity index (χ1) is 9.91. The van der Waals surface area contributed by atoms with Crippen molar-refractivity contribution in [1.29, 1.82) is 0 Å². The highest BCUT2D eigenvalue weighted by Gasteiger charge is 1.94. The van der Waals surface area contributed by atoms with Gasteiger partial charge in [0.15, 0.2) is 0 Å². The highest BCUT2D eigenvalue weighted by Crippen LogP contribution is 2.13. The summed E-state index contributed by atoms with van der Waals surface area (Å²) in [5.74, 6) is 0. The van der Waals surface area contributed by atoms with E-state index in [0.29, 0.717) is 6.54 Å². The second-order valence-electron chi connectivity index (χ2n) is 5.78. The average molecular weight is 280 g/mol. The molecule has 0 rings (SSSR count). The number of isocyanates is 1. The lowest BCUT2D eigenvalue weighted by Crippen LogP contribution is -1.84. The van der Waals surface area contributed by atoms with Crippen LogP contribution in [-0.4, -0.2) is 12.6 Å². The Kier molecular flexibility index (Phi) is 17.8. The maximum Gasteiger partial charge on any atom is 0.234 e. The Balaban J connectivity index is 2.94. The molecule has 0 saturated heterocycles. The lowest BCUT2D eigenvalue weighted by atomic mass is 10.0. The SMILES string of the molecule is [CH2]CCCCCCCCCCCCCCCCN=C=O. The third-order valence-electron chi connectivity index (χ3n) is 3.83. The zero-order chi connectivity index (χ0) is 14.7. The molecule has 117 valence electrons. The third-order valence-corrected chi connectivity index (χ3v) is 3.83. The van der Waals surface area contributed by atoms with E-state index in [1.54, 1.807) is 6.08 Å². The van der Waals surface area contributed by atoms with Crippen molar-refractivity contribution in [3.63, 3.8) is 0 Å². The molecule has 0 aromatic heterocycles. The lowest BCUT2D eigenvalue weighted by molar-refractivity contribution is 0.533. The van der Waals surface area contributed by atoms with Crippen LogP contribution >= 0.6 is 0 Å². The predicted molar refractivity (Wildman–Crippen MR) is 87.6 cm³/mol. The number of hydrogen-bond acceptors (Lipinski definition) is 2. The molecule has 20 heavy (non-hydrogen) atoms. The highest BCUT2D eigenvalue weighted by molar-refractivity contribution is 5.32. The number of nitrogens with zero attached hydrogens (tertiary/aromatic N) is 1. The molecule has 0 fully saturated rings. The van der Waals surface area contributed by atoms with Gasteiger partial charge in [0.25, 0.3) is 0 Å². The van der Waals surface area contributed by atoms with Crippen LogP contribution in [0, 0.1) is 6.92 Å². The largest absolute Gasteiger partial charge is 0.234 e. The summed E-state index contributed by atoms with van der Waals surface area (Å²) in [6.07, 6.45) is 21.5. The molecule has 0 saturated carbocycles. The molecule has 0 aliphatic heterocycles. The zero-order valence-corrected chi connectivity index (χ0v) is 13.4. The Morgan fingerprint density at radius 3 is 1.30 bits per heavy atom. The van der Waals surface area contributed by atoms with Crippen LogP contribution in [0.2, 0.25) is 0 Å². The molecule has 0 bridgehead atoms. The van der Waals surface area contributed by atoms with E-state index in [1.807, 2.05) is 0 Å². The Morgan fingerprint density at radius 2 is 0.950 bits per heavy atom. The zero-order valence-electron chi connectivity index (χ0n) is 13.4. The van der Waals surface area contributed by atoms with E-state index in [1.165, 1.54) is 83.5 Å². The fraction of sp³-hybridized carbons (Fsp3) is 0.889. The monoisotopic (exact) mass is 280 g/mol. The normalized spacial score (nSPS) is 10.4. The van der Waals surface area contributed by atoms with Crippen molar-refractivity contribution in [2.75, 3.05) is 6.54 Å². The van der Waals surface area contributed by atoms with Crippen LogP contribution in [0.15, 0.2) is 4.99 Å². The number of aliphatic imine (C=N–C) groups is 1. The Morgan fingerprint density at radius 1 is 0.600 bits per heavy atom. The minimum atomic E-state index is 0.665. The molecule has 0 atom stereocenters. The second kappa shape index (κ2) is 18.4. The van der Waals surface area contributed by atoms with Gasteiger partial charge in [-0.05, 0) is 6.42 Å². The van der Waals surface area contributed by atoms with Crippen molar-refractivity contribution in [1.82, 2.24) is 0 Å². The van der Waals surface area contributed by atoms with Crippen molar-refractivity contribution < 1.29 is 4.79 Å². The van der Waals surface area contributed by atoms with Gasteiger partial charge in [-0.2, -0.15) is 0 Å². The molecule has 0 unspecified atom stereocenters. The molecule has 0 amide bonds. The first-order valence-electron chi connectivity index (χ1n) is 8.74. The van der Waals surface area contributed by atoms with E-state index in [2.05, 4.69) is 11.9 Å². The number of unbranched alkanes of at least 4 members (excludes halogenated alkanes) is 14. The van der Waals surface area contributed by atoms with Crippen LogP contribution in [0.4, 0.5) is 0 Å². The first-order valence-corrected chi connectivity index (χ1v) is 8.74. The molecule has 0 spiro atoms. The third kappa shape index (κ3) is 17.4. The van der Waals surface area contributed by atoms with Gasteiger partial charge in [-0.25, -0.2) is 9.79 Å². The van der Waals surface area contributed by atoms with Crippen molar-refractivity contribution in [2.45, 2.75) is 96.3 Å². The molecule has 0 aromatic carbocycles. The van der Waals surface area contributed by atoms with Gasteiger partial charge in [-0.1, -0.05) is 96.8 Å². The van der Waals surface area contributed by atoms with E-state index in [9.17, 15) is 4.79 Å². The van der Waals surface area contributed by atoms with Crippen LogP contribution < -0.4 is 0 Å². The lowest BCUT2D eigenvalue weighted by Gasteiger charge is -2.02. The van der Waals surface area contributed by atoms with Crippen LogP contribution in [0.1, 0.15) is 96.3 Å². The van der Waals surface area contributed by atoms with Gasteiger partial charge in [0, 0.05) is 0 Å². The summed E-state index contributed by atoms with van der Waals surface area (Å²) in [7, 11) is 0. The highest BCUT2D eigenvalue weighted by atomic mass is 16.1. The van der Waals surface area contributed by atoms with Crippen LogP contribution in [0.5, 0.6) is 0 Å². The minimum absolute atomic E-state index is 0.665. The molecule has 2 heteroatoms. The summed E-state index contributed by atoms with van der Waals surface area (Å²) < 4.78 is 0. The quantitative estimate of drug-likeness (QED) is 0.193. The van der Waals surface area contributed by atoms with Gasteiger partial charge < -0.3 is 0 Å². The van der Waals surface area contributed by atoms with Gasteiger partial charge in [0.2, 0.25) is 6.08 Å². The summed E-state index contributed by atoms with van der Waals surface area (Å²) in [5, 5.41) is 0. The van der Waals surface area contributed by atoms with Crippen molar-refractivity contribution >= 4 is 6.08 Å². The van der Waals surface area contributed by atoms with Crippen molar-refractivity contribution in [3.05, 3.63) is 6.92 Å². The molecule has 0 heterocycles. The van der Waals surface area contributed by atoms with E-state index >= 15 is 0 Å². The summed E-state index contributed by atoms with van der Waals surface area (Å²) in [5.41, 5.74) is 0. The summed E-state index contributed by atoms with van der Waals surface area (Å²) in [6, 6.07) is 0. The topological polar surface area (TPSA) is 29.4 Å². The molecule has 0 aromatic rings. The van der Waals surface area contributed by atoms with Gasteiger partial charge >= 0.3 is 0 Å².